The molecule has 0 saturated heterocycles. The zero-order chi connectivity index (χ0) is 18.4. The van der Waals surface area contributed by atoms with Crippen molar-refractivity contribution in [3.63, 3.8) is 0 Å². The molecule has 1 heterocycles. The number of benzene rings is 2. The summed E-state index contributed by atoms with van der Waals surface area (Å²) in [6, 6.07) is 16.8. The van der Waals surface area contributed by atoms with Gasteiger partial charge >= 0.3 is 0 Å². The van der Waals surface area contributed by atoms with Gasteiger partial charge in [-0.2, -0.15) is 10.2 Å². The zero-order valence-corrected chi connectivity index (χ0v) is 15.7. The number of amides is 1. The zero-order valence-electron chi connectivity index (χ0n) is 14.1. The number of aromatic amines is 1. The summed E-state index contributed by atoms with van der Waals surface area (Å²) in [6.45, 7) is 2.55. The summed E-state index contributed by atoms with van der Waals surface area (Å²) in [4.78, 5) is 12.1. The van der Waals surface area contributed by atoms with Crippen molar-refractivity contribution < 1.29 is 9.53 Å². The lowest BCUT2D eigenvalue weighted by molar-refractivity contribution is 0.0950. The Balaban J connectivity index is 1.63. The van der Waals surface area contributed by atoms with Crippen LogP contribution in [0.4, 0.5) is 0 Å². The highest BCUT2D eigenvalue weighted by Gasteiger charge is 2.10. The van der Waals surface area contributed by atoms with Crippen LogP contribution in [-0.4, -0.2) is 28.9 Å². The Kier molecular flexibility index (Phi) is 5.80. The molecule has 6 nitrogen and oxygen atoms in total. The molecule has 2 N–H and O–H groups in total. The highest BCUT2D eigenvalue weighted by molar-refractivity contribution is 9.10. The third kappa shape index (κ3) is 4.58. The lowest BCUT2D eigenvalue weighted by atomic mass is 10.1. The minimum Gasteiger partial charge on any atom is -0.494 e. The highest BCUT2D eigenvalue weighted by Crippen LogP contribution is 2.21. The lowest BCUT2D eigenvalue weighted by Gasteiger charge is -2.02. The summed E-state index contributed by atoms with van der Waals surface area (Å²) >= 11 is 3.37. The number of rotatable bonds is 6. The number of hydrogen-bond acceptors (Lipinski definition) is 4. The van der Waals surface area contributed by atoms with Gasteiger partial charge in [0, 0.05) is 10.0 Å². The normalized spacial score (nSPS) is 10.8. The molecule has 0 radical (unpaired) electrons. The van der Waals surface area contributed by atoms with E-state index in [0.717, 1.165) is 21.3 Å². The number of nitrogens with one attached hydrogen (secondary N) is 2. The van der Waals surface area contributed by atoms with Crippen LogP contribution in [0.2, 0.25) is 0 Å². The number of hydrazone groups is 1. The minimum atomic E-state index is -0.358. The van der Waals surface area contributed by atoms with Crippen LogP contribution in [0.15, 0.2) is 64.2 Å². The molecule has 26 heavy (non-hydrogen) atoms. The topological polar surface area (TPSA) is 79.4 Å². The minimum absolute atomic E-state index is 0.335. The molecule has 3 aromatic rings. The van der Waals surface area contributed by atoms with Crippen molar-refractivity contribution in [3.8, 4) is 17.0 Å². The quantitative estimate of drug-likeness (QED) is 0.474. The number of carbonyl (C=O) groups is 1. The van der Waals surface area contributed by atoms with Crippen LogP contribution < -0.4 is 10.2 Å². The van der Waals surface area contributed by atoms with Crippen molar-refractivity contribution in [2.75, 3.05) is 6.61 Å². The van der Waals surface area contributed by atoms with Gasteiger partial charge in [-0.3, -0.25) is 9.89 Å². The predicted molar refractivity (Wildman–Crippen MR) is 104 cm³/mol. The van der Waals surface area contributed by atoms with Crippen molar-refractivity contribution in [2.45, 2.75) is 6.92 Å². The van der Waals surface area contributed by atoms with E-state index < -0.39 is 0 Å². The number of hydrogen-bond donors (Lipinski definition) is 2. The van der Waals surface area contributed by atoms with Crippen molar-refractivity contribution in [2.24, 2.45) is 5.10 Å². The fraction of sp³-hybridized carbons (Fsp3) is 0.105. The first-order valence-electron chi connectivity index (χ1n) is 8.03. The maximum absolute atomic E-state index is 12.1. The van der Waals surface area contributed by atoms with Crippen LogP contribution in [0.5, 0.6) is 5.75 Å². The molecular weight excluding hydrogens is 396 g/mol. The molecule has 0 spiro atoms. The number of halogens is 1. The molecule has 7 heteroatoms. The van der Waals surface area contributed by atoms with Gasteiger partial charge in [-0.05, 0) is 55.0 Å². The molecule has 0 aliphatic carbocycles. The first kappa shape index (κ1) is 17.9. The summed E-state index contributed by atoms with van der Waals surface area (Å²) in [5.41, 5.74) is 5.26. The van der Waals surface area contributed by atoms with E-state index in [1.807, 2.05) is 55.5 Å². The molecular formula is C19H17BrN4O2. The van der Waals surface area contributed by atoms with Gasteiger partial charge in [0.2, 0.25) is 0 Å². The Morgan fingerprint density at radius 1 is 1.23 bits per heavy atom. The third-order valence-electron chi connectivity index (χ3n) is 3.53. The number of H-pyrrole nitrogens is 1. The van der Waals surface area contributed by atoms with E-state index in [9.17, 15) is 4.79 Å². The van der Waals surface area contributed by atoms with Crippen LogP contribution in [0, 0.1) is 0 Å². The molecule has 0 atom stereocenters. The Morgan fingerprint density at radius 3 is 2.65 bits per heavy atom. The molecule has 1 amide bonds. The van der Waals surface area contributed by atoms with Crippen molar-refractivity contribution in [1.29, 1.82) is 0 Å². The van der Waals surface area contributed by atoms with Crippen molar-refractivity contribution in [3.05, 3.63) is 70.3 Å². The molecule has 0 aliphatic rings. The summed E-state index contributed by atoms with van der Waals surface area (Å²) in [5.74, 6) is 0.440. The molecule has 0 fully saturated rings. The largest absolute Gasteiger partial charge is 0.494 e. The number of nitrogens with zero attached hydrogens (tertiary/aromatic N) is 2. The van der Waals surface area contributed by atoms with E-state index in [1.54, 1.807) is 12.3 Å². The first-order chi connectivity index (χ1) is 12.7. The standard InChI is InChI=1S/C19H17BrN4O2/c1-2-26-16-9-5-14(6-10-16)17-11-18(23-22-17)19(25)24-21-12-13-3-7-15(20)8-4-13/h3-12H,2H2,1H3,(H,22,23)(H,24,25)/b21-12-. The Labute approximate surface area is 159 Å². The van der Waals surface area contributed by atoms with Gasteiger partial charge in [0.05, 0.1) is 18.5 Å². The highest BCUT2D eigenvalue weighted by atomic mass is 79.9. The van der Waals surface area contributed by atoms with Gasteiger partial charge < -0.3 is 4.74 Å². The summed E-state index contributed by atoms with van der Waals surface area (Å²) < 4.78 is 6.40. The Hall–Kier alpha value is -2.93. The second-order valence-electron chi connectivity index (χ2n) is 5.37. The second kappa shape index (κ2) is 8.44. The Bertz CT molecular complexity index is 902. The van der Waals surface area contributed by atoms with E-state index in [4.69, 9.17) is 4.74 Å². The van der Waals surface area contributed by atoms with Gasteiger partial charge in [0.1, 0.15) is 11.4 Å². The van der Waals surface area contributed by atoms with Crippen molar-refractivity contribution in [1.82, 2.24) is 15.6 Å². The number of carbonyl (C=O) groups excluding carboxylic acids is 1. The first-order valence-corrected chi connectivity index (χ1v) is 8.82. The number of ether oxygens (including phenoxy) is 1. The lowest BCUT2D eigenvalue weighted by Crippen LogP contribution is -2.17. The molecule has 1 aromatic heterocycles. The number of aromatic nitrogens is 2. The molecule has 0 aliphatic heterocycles. The molecule has 3 rings (SSSR count). The average Bonchev–Trinajstić information content (AvgIpc) is 3.14. The fourth-order valence-electron chi connectivity index (χ4n) is 2.25. The van der Waals surface area contributed by atoms with Crippen LogP contribution in [0.1, 0.15) is 23.0 Å². The van der Waals surface area contributed by atoms with Crippen LogP contribution in [-0.2, 0) is 0 Å². The summed E-state index contributed by atoms with van der Waals surface area (Å²) in [6.07, 6.45) is 1.58. The monoisotopic (exact) mass is 412 g/mol. The third-order valence-corrected chi connectivity index (χ3v) is 4.06. The smallest absolute Gasteiger partial charge is 0.289 e. The van der Waals surface area contributed by atoms with E-state index in [2.05, 4.69) is 36.7 Å². The average molecular weight is 413 g/mol. The van der Waals surface area contributed by atoms with Gasteiger partial charge in [-0.25, -0.2) is 5.43 Å². The molecule has 0 bridgehead atoms. The molecule has 0 saturated carbocycles. The van der Waals surface area contributed by atoms with Gasteiger partial charge in [0.25, 0.3) is 5.91 Å². The van der Waals surface area contributed by atoms with E-state index in [0.29, 0.717) is 18.0 Å². The van der Waals surface area contributed by atoms with E-state index in [1.165, 1.54) is 0 Å². The van der Waals surface area contributed by atoms with Crippen LogP contribution in [0.3, 0.4) is 0 Å². The summed E-state index contributed by atoms with van der Waals surface area (Å²) in [7, 11) is 0. The van der Waals surface area contributed by atoms with Crippen molar-refractivity contribution >= 4 is 28.1 Å². The Morgan fingerprint density at radius 2 is 1.96 bits per heavy atom. The second-order valence-corrected chi connectivity index (χ2v) is 6.29. The maximum atomic E-state index is 12.1. The van der Waals surface area contributed by atoms with Crippen LogP contribution in [0.25, 0.3) is 11.3 Å². The molecule has 132 valence electrons. The molecule has 0 unspecified atom stereocenters. The van der Waals surface area contributed by atoms with Gasteiger partial charge in [-0.1, -0.05) is 28.1 Å². The molecule has 2 aromatic carbocycles. The predicted octanol–water partition coefficient (Wildman–Crippen LogP) is 4.00. The van der Waals surface area contributed by atoms with E-state index >= 15 is 0 Å². The SMILES string of the molecule is CCOc1ccc(-c2cc(C(=O)N/N=C\c3ccc(Br)cc3)[nH]n2)cc1. The van der Waals surface area contributed by atoms with Gasteiger partial charge in [-0.15, -0.1) is 0 Å². The fourth-order valence-corrected chi connectivity index (χ4v) is 2.51. The maximum Gasteiger partial charge on any atom is 0.289 e. The summed E-state index contributed by atoms with van der Waals surface area (Å²) in [5, 5.41) is 10.9. The van der Waals surface area contributed by atoms with Gasteiger partial charge in [0.15, 0.2) is 0 Å². The van der Waals surface area contributed by atoms with E-state index in [-0.39, 0.29) is 5.91 Å². The van der Waals surface area contributed by atoms with Crippen LogP contribution >= 0.6 is 15.9 Å².